The molecule has 3 nitrogen and oxygen atoms in total. The molecule has 2 atom stereocenters. The molecular weight excluding hydrogens is 392 g/mol. The molecule has 2 aromatic carbocycles. The van der Waals surface area contributed by atoms with Crippen LogP contribution in [-0.2, 0) is 11.3 Å². The van der Waals surface area contributed by atoms with Gasteiger partial charge >= 0.3 is 6.61 Å². The number of carbonyl (C=O) groups is 1. The summed E-state index contributed by atoms with van der Waals surface area (Å²) in [5, 5.41) is 0.299. The van der Waals surface area contributed by atoms with Crippen LogP contribution in [0.5, 0.6) is 5.75 Å². The van der Waals surface area contributed by atoms with E-state index >= 15 is 0 Å². The molecule has 0 unspecified atom stereocenters. The number of aryl methyl sites for hydroxylation is 2. The maximum absolute atomic E-state index is 12.7. The summed E-state index contributed by atoms with van der Waals surface area (Å²) < 4.78 is 29.9. The number of thioether (sulfide) groups is 1. The molecule has 3 rings (SSSR count). The third-order valence-electron chi connectivity index (χ3n) is 4.49. The van der Waals surface area contributed by atoms with Crippen molar-refractivity contribution in [3.8, 4) is 5.75 Å². The van der Waals surface area contributed by atoms with Gasteiger partial charge in [0.15, 0.2) is 0 Å². The Bertz CT molecular complexity index is 821. The van der Waals surface area contributed by atoms with E-state index in [1.54, 1.807) is 37.7 Å². The van der Waals surface area contributed by atoms with E-state index in [-0.39, 0.29) is 22.3 Å². The maximum atomic E-state index is 12.7. The van der Waals surface area contributed by atoms with E-state index in [0.29, 0.717) is 22.7 Å². The number of alkyl halides is 2. The first-order chi connectivity index (χ1) is 12.8. The largest absolute Gasteiger partial charge is 0.434 e. The molecular formula is C20H20ClF2NO2S. The lowest BCUT2D eigenvalue weighted by molar-refractivity contribution is -0.130. The summed E-state index contributed by atoms with van der Waals surface area (Å²) in [5.41, 5.74) is 3.15. The van der Waals surface area contributed by atoms with Gasteiger partial charge in [0, 0.05) is 11.6 Å². The average molecular weight is 412 g/mol. The van der Waals surface area contributed by atoms with E-state index < -0.39 is 6.61 Å². The fourth-order valence-electron chi connectivity index (χ4n) is 3.28. The number of hydrogen-bond donors (Lipinski definition) is 0. The van der Waals surface area contributed by atoms with Gasteiger partial charge < -0.3 is 9.64 Å². The topological polar surface area (TPSA) is 29.5 Å². The molecule has 2 aromatic rings. The van der Waals surface area contributed by atoms with Crippen LogP contribution in [0.3, 0.4) is 0 Å². The Morgan fingerprint density at radius 1 is 1.19 bits per heavy atom. The molecule has 0 N–H and O–H groups in total. The number of carbonyl (C=O) groups excluding carboxylic acids is 1. The molecule has 0 saturated carbocycles. The molecule has 1 fully saturated rings. The van der Waals surface area contributed by atoms with Crippen molar-refractivity contribution >= 4 is 29.3 Å². The van der Waals surface area contributed by atoms with E-state index in [9.17, 15) is 13.6 Å². The number of halogens is 3. The van der Waals surface area contributed by atoms with Crippen LogP contribution < -0.4 is 4.74 Å². The second kappa shape index (κ2) is 8.07. The summed E-state index contributed by atoms with van der Waals surface area (Å²) in [4.78, 5) is 14.5. The second-order valence-corrected chi connectivity index (χ2v) is 8.45. The zero-order valence-corrected chi connectivity index (χ0v) is 16.8. The highest BCUT2D eigenvalue weighted by molar-refractivity contribution is 8.01. The molecule has 1 amide bonds. The molecule has 1 aliphatic heterocycles. The van der Waals surface area contributed by atoms with Crippen molar-refractivity contribution < 1.29 is 18.3 Å². The van der Waals surface area contributed by atoms with Gasteiger partial charge in [-0.05, 0) is 67.3 Å². The highest BCUT2D eigenvalue weighted by Gasteiger charge is 2.38. The summed E-state index contributed by atoms with van der Waals surface area (Å²) in [6.45, 7) is 2.96. The Morgan fingerprint density at radius 2 is 1.78 bits per heavy atom. The predicted molar refractivity (Wildman–Crippen MR) is 104 cm³/mol. The summed E-state index contributed by atoms with van der Waals surface area (Å²) in [7, 11) is 0. The maximum Gasteiger partial charge on any atom is 0.387 e. The fraction of sp³-hybridized carbons (Fsp3) is 0.350. The Hall–Kier alpha value is -1.79. The van der Waals surface area contributed by atoms with Crippen LogP contribution in [0.25, 0.3) is 0 Å². The van der Waals surface area contributed by atoms with Crippen LogP contribution >= 0.6 is 23.4 Å². The van der Waals surface area contributed by atoms with Gasteiger partial charge in [0.25, 0.3) is 0 Å². The van der Waals surface area contributed by atoms with Gasteiger partial charge in [-0.2, -0.15) is 8.78 Å². The zero-order valence-electron chi connectivity index (χ0n) is 15.2. The average Bonchev–Trinajstić information content (AvgIpc) is 2.88. The second-order valence-electron chi connectivity index (χ2n) is 6.59. The van der Waals surface area contributed by atoms with Crippen LogP contribution in [0, 0.1) is 13.8 Å². The van der Waals surface area contributed by atoms with Crippen LogP contribution in [0.2, 0.25) is 5.02 Å². The zero-order chi connectivity index (χ0) is 19.7. The van der Waals surface area contributed by atoms with E-state index in [0.717, 1.165) is 11.1 Å². The van der Waals surface area contributed by atoms with Gasteiger partial charge in [0.2, 0.25) is 5.91 Å². The lowest BCUT2D eigenvalue weighted by atomic mass is 10.0. The first-order valence-electron chi connectivity index (χ1n) is 8.52. The van der Waals surface area contributed by atoms with E-state index in [4.69, 9.17) is 11.6 Å². The van der Waals surface area contributed by atoms with Crippen molar-refractivity contribution in [3.63, 3.8) is 0 Å². The van der Waals surface area contributed by atoms with E-state index in [1.807, 2.05) is 36.1 Å². The number of amides is 1. The molecule has 0 radical (unpaired) electrons. The molecule has 7 heteroatoms. The fourth-order valence-corrected chi connectivity index (χ4v) is 4.66. The number of nitrogens with zero attached hydrogens (tertiary/aromatic N) is 1. The van der Waals surface area contributed by atoms with Crippen molar-refractivity contribution in [3.05, 3.63) is 63.7 Å². The normalized spacial score (nSPS) is 19.8. The summed E-state index contributed by atoms with van der Waals surface area (Å²) in [6, 6.07) is 11.0. The number of rotatable bonds is 5. The van der Waals surface area contributed by atoms with Crippen molar-refractivity contribution in [1.82, 2.24) is 4.90 Å². The van der Waals surface area contributed by atoms with Gasteiger partial charge in [-0.15, -0.1) is 11.8 Å². The Morgan fingerprint density at radius 3 is 2.33 bits per heavy atom. The van der Waals surface area contributed by atoms with Gasteiger partial charge in [0.05, 0.1) is 5.25 Å². The first-order valence-corrected chi connectivity index (χ1v) is 9.84. The molecule has 144 valence electrons. The molecule has 1 heterocycles. The third kappa shape index (κ3) is 4.38. The molecule has 1 aliphatic rings. The van der Waals surface area contributed by atoms with Gasteiger partial charge in [0.1, 0.15) is 11.1 Å². The lowest BCUT2D eigenvalue weighted by Crippen LogP contribution is -2.29. The SMILES string of the molecule is Cc1cc([C@H]2S[C@@H](C)C(=O)N2Cc2ccc(Cl)cc2)cc(C)c1OC(F)F. The quantitative estimate of drug-likeness (QED) is 0.630. The predicted octanol–water partition coefficient (Wildman–Crippen LogP) is 5.72. The van der Waals surface area contributed by atoms with E-state index in [2.05, 4.69) is 4.74 Å². The molecule has 0 bridgehead atoms. The highest BCUT2D eigenvalue weighted by Crippen LogP contribution is 2.45. The minimum absolute atomic E-state index is 0.0585. The van der Waals surface area contributed by atoms with Crippen LogP contribution in [-0.4, -0.2) is 22.7 Å². The Balaban J connectivity index is 1.91. The monoisotopic (exact) mass is 411 g/mol. The van der Waals surface area contributed by atoms with Crippen molar-refractivity contribution in [1.29, 1.82) is 0 Å². The summed E-state index contributed by atoms with van der Waals surface area (Å²) in [5.74, 6) is 0.253. The van der Waals surface area contributed by atoms with Crippen molar-refractivity contribution in [2.24, 2.45) is 0 Å². The number of hydrogen-bond acceptors (Lipinski definition) is 3. The van der Waals surface area contributed by atoms with Gasteiger partial charge in [-0.1, -0.05) is 23.7 Å². The molecule has 1 saturated heterocycles. The number of benzene rings is 2. The van der Waals surface area contributed by atoms with Crippen molar-refractivity contribution in [2.75, 3.05) is 0 Å². The van der Waals surface area contributed by atoms with Crippen LogP contribution in [0.15, 0.2) is 36.4 Å². The van der Waals surface area contributed by atoms with Crippen LogP contribution in [0.4, 0.5) is 8.78 Å². The first kappa shape index (κ1) is 20.0. The molecule has 0 aliphatic carbocycles. The molecule has 0 aromatic heterocycles. The van der Waals surface area contributed by atoms with Gasteiger partial charge in [-0.25, -0.2) is 0 Å². The van der Waals surface area contributed by atoms with Crippen molar-refractivity contribution in [2.45, 2.75) is 44.6 Å². The van der Waals surface area contributed by atoms with Gasteiger partial charge in [-0.3, -0.25) is 4.79 Å². The number of ether oxygens (including phenoxy) is 1. The summed E-state index contributed by atoms with van der Waals surface area (Å²) >= 11 is 7.50. The third-order valence-corrected chi connectivity index (χ3v) is 6.13. The minimum atomic E-state index is -2.86. The summed E-state index contributed by atoms with van der Waals surface area (Å²) in [6.07, 6.45) is 0. The Labute approximate surface area is 166 Å². The lowest BCUT2D eigenvalue weighted by Gasteiger charge is -2.25. The van der Waals surface area contributed by atoms with E-state index in [1.165, 1.54) is 0 Å². The molecule has 0 spiro atoms. The minimum Gasteiger partial charge on any atom is -0.434 e. The Kier molecular flexibility index (Phi) is 5.96. The standard InChI is InChI=1S/C20H20ClF2NO2S/c1-11-8-15(9-12(2)17(11)26-20(22)23)19-24(18(25)13(3)27-19)10-14-4-6-16(21)7-5-14/h4-9,13,19-20H,10H2,1-3H3/t13-,19+/m0/s1. The molecule has 27 heavy (non-hydrogen) atoms. The van der Waals surface area contributed by atoms with Crippen LogP contribution in [0.1, 0.15) is 34.6 Å². The smallest absolute Gasteiger partial charge is 0.387 e. The highest BCUT2D eigenvalue weighted by atomic mass is 35.5.